The molecule has 0 amide bonds. The van der Waals surface area contributed by atoms with Crippen LogP contribution in [-0.2, 0) is 7.05 Å². The second-order valence-corrected chi connectivity index (χ2v) is 5.33. The zero-order valence-electron chi connectivity index (χ0n) is 13.6. The van der Waals surface area contributed by atoms with Gasteiger partial charge in [0.15, 0.2) is 0 Å². The van der Waals surface area contributed by atoms with E-state index in [2.05, 4.69) is 0 Å². The van der Waals surface area contributed by atoms with Crippen molar-refractivity contribution >= 4 is 22.6 Å². The number of aromatic nitrogens is 2. The van der Waals surface area contributed by atoms with Gasteiger partial charge in [-0.2, -0.15) is 0 Å². The molecule has 0 atom stereocenters. The van der Waals surface area contributed by atoms with Crippen LogP contribution in [-0.4, -0.2) is 29.3 Å². The second kappa shape index (κ2) is 5.77. The minimum absolute atomic E-state index is 0.281. The monoisotopic (exact) mass is 327 g/mol. The van der Waals surface area contributed by atoms with E-state index in [1.54, 1.807) is 43.4 Å². The maximum absolute atomic E-state index is 12.9. The zero-order chi connectivity index (χ0) is 17.4. The van der Waals surface area contributed by atoms with Gasteiger partial charge in [-0.3, -0.25) is 9.36 Å². The number of carbonyl (C=O) groups excluding carboxylic acids is 1. The summed E-state index contributed by atoms with van der Waals surface area (Å²) in [6.45, 7) is 0. The van der Waals surface area contributed by atoms with Crippen LogP contribution >= 0.6 is 0 Å². The Balaban J connectivity index is 2.25. The first-order valence-corrected chi connectivity index (χ1v) is 7.21. The Morgan fingerprint density at radius 2 is 1.62 bits per heavy atom. The molecule has 0 aliphatic heterocycles. The highest BCUT2D eigenvalue weighted by Gasteiger charge is 2.19. The van der Waals surface area contributed by atoms with E-state index in [1.165, 1.54) is 18.8 Å². The van der Waals surface area contributed by atoms with E-state index in [-0.39, 0.29) is 5.56 Å². The number of hydrogen-bond acceptors (Lipinski definition) is 5. The summed E-state index contributed by atoms with van der Waals surface area (Å²) in [6, 6.07) is 9.77. The summed E-state index contributed by atoms with van der Waals surface area (Å²) in [5, 5.41) is 0. The quantitative estimate of drug-likeness (QED) is 0.739. The van der Waals surface area contributed by atoms with Gasteiger partial charge < -0.3 is 15.2 Å². The van der Waals surface area contributed by atoms with E-state index in [1.807, 2.05) is 0 Å². The number of hydrogen-bond donors (Lipinski definition) is 1. The molecule has 7 nitrogen and oxygen atoms in total. The predicted molar refractivity (Wildman–Crippen MR) is 90.9 cm³/mol. The molecule has 2 N–H and O–H groups in total. The molecular weight excluding hydrogens is 310 g/mol. The van der Waals surface area contributed by atoms with E-state index >= 15 is 0 Å². The van der Waals surface area contributed by atoms with E-state index in [9.17, 15) is 9.59 Å². The smallest absolute Gasteiger partial charge is 0.335 e. The van der Waals surface area contributed by atoms with Gasteiger partial charge in [0.1, 0.15) is 11.5 Å². The maximum atomic E-state index is 12.9. The van der Waals surface area contributed by atoms with E-state index in [0.29, 0.717) is 28.2 Å². The largest absolute Gasteiger partial charge is 0.497 e. The number of benzene rings is 2. The first-order valence-electron chi connectivity index (χ1n) is 7.21. The van der Waals surface area contributed by atoms with Gasteiger partial charge in [0.25, 0.3) is 5.91 Å². The third-order valence-corrected chi connectivity index (χ3v) is 3.88. The number of methoxy groups -OCH3 is 2. The number of nitrogen functional groups attached to an aromatic ring is 1. The number of rotatable bonds is 3. The number of aryl methyl sites for hydroxylation is 1. The number of carbonyl (C=O) groups is 1. The molecule has 0 fully saturated rings. The van der Waals surface area contributed by atoms with Gasteiger partial charge in [0, 0.05) is 24.4 Å². The fourth-order valence-electron chi connectivity index (χ4n) is 2.62. The van der Waals surface area contributed by atoms with Crippen LogP contribution in [0, 0.1) is 0 Å². The van der Waals surface area contributed by atoms with E-state index in [0.717, 1.165) is 4.57 Å². The Morgan fingerprint density at radius 3 is 2.21 bits per heavy atom. The highest BCUT2D eigenvalue weighted by atomic mass is 16.5. The highest BCUT2D eigenvalue weighted by Crippen LogP contribution is 2.24. The molecule has 0 saturated heterocycles. The first kappa shape index (κ1) is 15.7. The second-order valence-electron chi connectivity index (χ2n) is 5.33. The van der Waals surface area contributed by atoms with Gasteiger partial charge in [-0.25, -0.2) is 9.36 Å². The zero-order valence-corrected chi connectivity index (χ0v) is 13.6. The molecule has 3 aromatic rings. The summed E-state index contributed by atoms with van der Waals surface area (Å²) in [5.41, 5.74) is 7.19. The highest BCUT2D eigenvalue weighted by molar-refractivity contribution is 6.02. The van der Waals surface area contributed by atoms with Crippen molar-refractivity contribution < 1.29 is 14.3 Å². The summed E-state index contributed by atoms with van der Waals surface area (Å²) in [5.74, 6) is 0.449. The van der Waals surface area contributed by atoms with E-state index in [4.69, 9.17) is 15.2 Å². The van der Waals surface area contributed by atoms with Crippen LogP contribution in [0.1, 0.15) is 10.4 Å². The standard InChI is InChI=1S/C17H17N3O4/c1-19-14-5-4-11(18)8-15(14)20(17(19)22)16(21)10-6-12(23-2)9-13(7-10)24-3/h4-9H,18H2,1-3H3. The lowest BCUT2D eigenvalue weighted by molar-refractivity contribution is 0.0959. The SMILES string of the molecule is COc1cc(OC)cc(C(=O)n2c(=O)n(C)c3ccc(N)cc32)c1. The Labute approximate surface area is 137 Å². The Kier molecular flexibility index (Phi) is 3.76. The van der Waals surface area contributed by atoms with Gasteiger partial charge >= 0.3 is 5.69 Å². The van der Waals surface area contributed by atoms with Crippen molar-refractivity contribution in [1.29, 1.82) is 0 Å². The number of imidazole rings is 1. The van der Waals surface area contributed by atoms with Crippen LogP contribution in [0.2, 0.25) is 0 Å². The molecule has 3 rings (SSSR count). The van der Waals surface area contributed by atoms with Gasteiger partial charge in [0.2, 0.25) is 0 Å². The molecule has 7 heteroatoms. The molecule has 1 aromatic heterocycles. The first-order chi connectivity index (χ1) is 11.5. The molecule has 0 aliphatic carbocycles. The van der Waals surface area contributed by atoms with Crippen molar-refractivity contribution in [2.24, 2.45) is 7.05 Å². The van der Waals surface area contributed by atoms with Gasteiger partial charge in [0.05, 0.1) is 25.3 Å². The molecule has 0 aliphatic rings. The molecule has 0 bridgehead atoms. The van der Waals surface area contributed by atoms with Crippen LogP contribution in [0.5, 0.6) is 11.5 Å². The van der Waals surface area contributed by atoms with Crippen molar-refractivity contribution in [3.63, 3.8) is 0 Å². The number of nitrogens with zero attached hydrogens (tertiary/aromatic N) is 2. The van der Waals surface area contributed by atoms with Crippen LogP contribution in [0.15, 0.2) is 41.2 Å². The summed E-state index contributed by atoms with van der Waals surface area (Å²) in [4.78, 5) is 25.5. The lowest BCUT2D eigenvalue weighted by atomic mass is 10.1. The fourth-order valence-corrected chi connectivity index (χ4v) is 2.62. The number of anilines is 1. The van der Waals surface area contributed by atoms with Crippen LogP contribution in [0.4, 0.5) is 5.69 Å². The Hall–Kier alpha value is -3.22. The third-order valence-electron chi connectivity index (χ3n) is 3.88. The van der Waals surface area contributed by atoms with Crippen molar-refractivity contribution in [3.8, 4) is 11.5 Å². The average molecular weight is 327 g/mol. The summed E-state index contributed by atoms with van der Waals surface area (Å²) in [6.07, 6.45) is 0. The molecule has 0 spiro atoms. The van der Waals surface area contributed by atoms with Crippen molar-refractivity contribution in [2.45, 2.75) is 0 Å². The number of fused-ring (bicyclic) bond motifs is 1. The maximum Gasteiger partial charge on any atom is 0.335 e. The topological polar surface area (TPSA) is 88.5 Å². The third kappa shape index (κ3) is 2.40. The van der Waals surface area contributed by atoms with Gasteiger partial charge in [-0.1, -0.05) is 0 Å². The van der Waals surface area contributed by atoms with Gasteiger partial charge in [-0.15, -0.1) is 0 Å². The lowest BCUT2D eigenvalue weighted by Gasteiger charge is -2.08. The van der Waals surface area contributed by atoms with E-state index < -0.39 is 11.6 Å². The Morgan fingerprint density at radius 1 is 1.00 bits per heavy atom. The van der Waals surface area contributed by atoms with Crippen molar-refractivity contribution in [2.75, 3.05) is 20.0 Å². The Bertz CT molecular complexity index is 979. The minimum atomic E-state index is -0.478. The lowest BCUT2D eigenvalue weighted by Crippen LogP contribution is -2.28. The molecule has 0 radical (unpaired) electrons. The minimum Gasteiger partial charge on any atom is -0.497 e. The molecule has 0 unspecified atom stereocenters. The molecule has 1 heterocycles. The summed E-state index contributed by atoms with van der Waals surface area (Å²) >= 11 is 0. The summed E-state index contributed by atoms with van der Waals surface area (Å²) < 4.78 is 12.9. The summed E-state index contributed by atoms with van der Waals surface area (Å²) in [7, 11) is 4.60. The number of ether oxygens (including phenoxy) is 2. The molecule has 124 valence electrons. The van der Waals surface area contributed by atoms with Crippen molar-refractivity contribution in [1.82, 2.24) is 9.13 Å². The van der Waals surface area contributed by atoms with Crippen LogP contribution in [0.3, 0.4) is 0 Å². The average Bonchev–Trinajstić information content (AvgIpc) is 2.84. The molecule has 2 aromatic carbocycles. The predicted octanol–water partition coefficient (Wildman–Crippen LogP) is 1.63. The fraction of sp³-hybridized carbons (Fsp3) is 0.176. The van der Waals surface area contributed by atoms with Gasteiger partial charge in [-0.05, 0) is 30.3 Å². The molecule has 0 saturated carbocycles. The number of nitrogens with two attached hydrogens (primary N) is 1. The molecule has 24 heavy (non-hydrogen) atoms. The molecular formula is C17H17N3O4. The van der Waals surface area contributed by atoms with Crippen LogP contribution < -0.4 is 20.9 Å². The normalized spacial score (nSPS) is 10.8. The van der Waals surface area contributed by atoms with Crippen LogP contribution in [0.25, 0.3) is 11.0 Å². The van der Waals surface area contributed by atoms with Crippen molar-refractivity contribution in [3.05, 3.63) is 52.4 Å².